The number of para-hydroxylation sites is 1. The normalized spacial score (nSPS) is 15.6. The van der Waals surface area contributed by atoms with Gasteiger partial charge in [0.15, 0.2) is 5.13 Å². The summed E-state index contributed by atoms with van der Waals surface area (Å²) < 4.78 is 18.0. The first-order valence-corrected chi connectivity index (χ1v) is 12.3. The van der Waals surface area contributed by atoms with E-state index < -0.39 is 0 Å². The Balaban J connectivity index is 1.28. The first-order valence-electron chi connectivity index (χ1n) is 11.5. The maximum absolute atomic E-state index is 13.4. The lowest BCUT2D eigenvalue weighted by Crippen LogP contribution is -2.38. The second-order valence-electron chi connectivity index (χ2n) is 8.52. The quantitative estimate of drug-likeness (QED) is 0.346. The highest BCUT2D eigenvalue weighted by molar-refractivity contribution is 7.22. The summed E-state index contributed by atoms with van der Waals surface area (Å²) in [4.78, 5) is 19.9. The molecule has 3 heterocycles. The third kappa shape index (κ3) is 4.98. The Labute approximate surface area is 202 Å². The summed E-state index contributed by atoms with van der Waals surface area (Å²) in [5, 5.41) is 4.68. The summed E-state index contributed by atoms with van der Waals surface area (Å²) in [5.74, 6) is 1.51. The van der Waals surface area contributed by atoms with E-state index in [4.69, 9.17) is 19.0 Å². The molecule has 1 saturated heterocycles. The summed E-state index contributed by atoms with van der Waals surface area (Å²) in [7, 11) is 0. The fraction of sp³-hybridized carbons (Fsp3) is 0.346. The molecular weight excluding hydrogens is 450 g/mol. The molecule has 1 unspecified atom stereocenters. The van der Waals surface area contributed by atoms with Crippen LogP contribution in [0.2, 0.25) is 0 Å². The SMILES string of the molecule is Cc1noc(C)c1COc1ccc(CC(=O)N(CC2CCCO2)c2nc3ccccc3s2)cc1. The molecule has 0 radical (unpaired) electrons. The molecule has 1 atom stereocenters. The number of carbonyl (C=O) groups excluding carboxylic acids is 1. The van der Waals surface area contributed by atoms with Gasteiger partial charge in [-0.1, -0.05) is 40.8 Å². The largest absolute Gasteiger partial charge is 0.489 e. The van der Waals surface area contributed by atoms with Crippen LogP contribution in [0.15, 0.2) is 53.1 Å². The zero-order valence-corrected chi connectivity index (χ0v) is 20.1. The maximum Gasteiger partial charge on any atom is 0.233 e. The Morgan fingerprint density at radius 1 is 1.18 bits per heavy atom. The van der Waals surface area contributed by atoms with Gasteiger partial charge in [0.2, 0.25) is 5.91 Å². The van der Waals surface area contributed by atoms with Gasteiger partial charge >= 0.3 is 0 Å². The van der Waals surface area contributed by atoms with Crippen molar-refractivity contribution in [2.45, 2.75) is 45.8 Å². The number of rotatable bonds is 8. The lowest BCUT2D eigenvalue weighted by atomic mass is 10.1. The molecule has 0 bridgehead atoms. The van der Waals surface area contributed by atoms with E-state index in [1.165, 1.54) is 0 Å². The summed E-state index contributed by atoms with van der Waals surface area (Å²) in [6.07, 6.45) is 2.33. The molecule has 4 aromatic rings. The van der Waals surface area contributed by atoms with Gasteiger partial charge in [0, 0.05) is 6.61 Å². The van der Waals surface area contributed by atoms with Crippen LogP contribution >= 0.6 is 11.3 Å². The average molecular weight is 478 g/mol. The van der Waals surface area contributed by atoms with Crippen LogP contribution < -0.4 is 9.64 Å². The molecule has 8 heteroatoms. The summed E-state index contributed by atoms with van der Waals surface area (Å²) in [6.45, 7) is 5.45. The van der Waals surface area contributed by atoms with E-state index in [0.29, 0.717) is 13.2 Å². The number of aryl methyl sites for hydroxylation is 2. The highest BCUT2D eigenvalue weighted by atomic mass is 32.1. The first kappa shape index (κ1) is 22.6. The zero-order valence-electron chi connectivity index (χ0n) is 19.3. The third-order valence-corrected chi connectivity index (χ3v) is 7.13. The van der Waals surface area contributed by atoms with Crippen molar-refractivity contribution < 1.29 is 18.8 Å². The number of hydrogen-bond acceptors (Lipinski definition) is 7. The Morgan fingerprint density at radius 2 is 2.00 bits per heavy atom. The molecular formula is C26H27N3O4S. The highest BCUT2D eigenvalue weighted by Crippen LogP contribution is 2.30. The number of aromatic nitrogens is 2. The molecule has 34 heavy (non-hydrogen) atoms. The van der Waals surface area contributed by atoms with E-state index in [1.54, 1.807) is 16.2 Å². The van der Waals surface area contributed by atoms with Gasteiger partial charge in [-0.2, -0.15) is 0 Å². The van der Waals surface area contributed by atoms with Crippen molar-refractivity contribution >= 4 is 32.6 Å². The lowest BCUT2D eigenvalue weighted by molar-refractivity contribution is -0.118. The number of thiazole rings is 1. The first-order chi connectivity index (χ1) is 16.6. The molecule has 1 aliphatic rings. The van der Waals surface area contributed by atoms with Gasteiger partial charge in [-0.05, 0) is 56.5 Å². The molecule has 2 aromatic heterocycles. The highest BCUT2D eigenvalue weighted by Gasteiger charge is 2.26. The Kier molecular flexibility index (Phi) is 6.60. The second-order valence-corrected chi connectivity index (χ2v) is 9.52. The topological polar surface area (TPSA) is 77.7 Å². The lowest BCUT2D eigenvalue weighted by Gasteiger charge is -2.23. The molecule has 1 aliphatic heterocycles. The minimum atomic E-state index is 0.0129. The van der Waals surface area contributed by atoms with E-state index in [1.807, 2.05) is 62.4 Å². The summed E-state index contributed by atoms with van der Waals surface area (Å²) in [6, 6.07) is 15.6. The smallest absolute Gasteiger partial charge is 0.233 e. The van der Waals surface area contributed by atoms with Gasteiger partial charge in [0.25, 0.3) is 0 Å². The van der Waals surface area contributed by atoms with Crippen LogP contribution in [-0.4, -0.2) is 35.3 Å². The minimum absolute atomic E-state index is 0.0129. The molecule has 0 aliphatic carbocycles. The number of ether oxygens (including phenoxy) is 2. The van der Waals surface area contributed by atoms with E-state index >= 15 is 0 Å². The van der Waals surface area contributed by atoms with Gasteiger partial charge in [-0.15, -0.1) is 0 Å². The second kappa shape index (κ2) is 9.95. The van der Waals surface area contributed by atoms with Crippen molar-refractivity contribution in [3.05, 3.63) is 71.1 Å². The Hall–Kier alpha value is -3.23. The molecule has 1 amide bonds. The van der Waals surface area contributed by atoms with Gasteiger partial charge in [0.1, 0.15) is 18.1 Å². The number of nitrogens with zero attached hydrogens (tertiary/aromatic N) is 3. The number of benzene rings is 2. The number of fused-ring (bicyclic) bond motifs is 1. The third-order valence-electron chi connectivity index (χ3n) is 6.07. The van der Waals surface area contributed by atoms with Crippen LogP contribution in [0.3, 0.4) is 0 Å². The van der Waals surface area contributed by atoms with Gasteiger partial charge in [-0.25, -0.2) is 4.98 Å². The predicted molar refractivity (Wildman–Crippen MR) is 131 cm³/mol. The van der Waals surface area contributed by atoms with E-state index in [9.17, 15) is 4.79 Å². The molecule has 0 N–H and O–H groups in total. The summed E-state index contributed by atoms with van der Waals surface area (Å²) in [5.41, 5.74) is 3.63. The Bertz CT molecular complexity index is 1220. The van der Waals surface area contributed by atoms with E-state index in [2.05, 4.69) is 5.16 Å². The number of carbonyl (C=O) groups is 1. The number of amides is 1. The van der Waals surface area contributed by atoms with Gasteiger partial charge < -0.3 is 14.0 Å². The molecule has 7 nitrogen and oxygen atoms in total. The number of hydrogen-bond donors (Lipinski definition) is 0. The van der Waals surface area contributed by atoms with Crippen molar-refractivity contribution in [2.75, 3.05) is 18.1 Å². The standard InChI is InChI=1S/C26H27N3O4S/c1-17-22(18(2)33-28-17)16-32-20-11-9-19(10-12-20)14-25(30)29(15-21-6-5-13-31-21)26-27-23-7-3-4-8-24(23)34-26/h3-4,7-12,21H,5-6,13-16H2,1-2H3. The molecule has 0 saturated carbocycles. The van der Waals surface area contributed by atoms with Gasteiger partial charge in [0.05, 0.1) is 40.5 Å². The van der Waals surface area contributed by atoms with Crippen LogP contribution in [0, 0.1) is 13.8 Å². The number of anilines is 1. The van der Waals surface area contributed by atoms with Crippen LogP contribution in [-0.2, 0) is 22.6 Å². The van der Waals surface area contributed by atoms with Crippen LogP contribution in [0.5, 0.6) is 5.75 Å². The van der Waals surface area contributed by atoms with Crippen LogP contribution in [0.25, 0.3) is 10.2 Å². The van der Waals surface area contributed by atoms with Crippen molar-refractivity contribution in [2.24, 2.45) is 0 Å². The Morgan fingerprint density at radius 3 is 2.71 bits per heavy atom. The fourth-order valence-electron chi connectivity index (χ4n) is 4.09. The van der Waals surface area contributed by atoms with Crippen molar-refractivity contribution in [3.8, 4) is 5.75 Å². The van der Waals surface area contributed by atoms with Crippen LogP contribution in [0.4, 0.5) is 5.13 Å². The molecule has 0 spiro atoms. The van der Waals surface area contributed by atoms with Crippen LogP contribution in [0.1, 0.15) is 35.4 Å². The van der Waals surface area contributed by atoms with Crippen molar-refractivity contribution in [1.82, 2.24) is 10.1 Å². The fourth-order valence-corrected chi connectivity index (χ4v) is 5.08. The van der Waals surface area contributed by atoms with Gasteiger partial charge in [-0.3, -0.25) is 9.69 Å². The molecule has 5 rings (SSSR count). The monoisotopic (exact) mass is 477 g/mol. The predicted octanol–water partition coefficient (Wildman–Crippen LogP) is 5.23. The van der Waals surface area contributed by atoms with E-state index in [0.717, 1.165) is 63.1 Å². The molecule has 176 valence electrons. The minimum Gasteiger partial charge on any atom is -0.489 e. The average Bonchev–Trinajstić information content (AvgIpc) is 3.58. The van der Waals surface area contributed by atoms with Crippen molar-refractivity contribution in [1.29, 1.82) is 0 Å². The maximum atomic E-state index is 13.4. The molecule has 1 fully saturated rings. The summed E-state index contributed by atoms with van der Waals surface area (Å²) >= 11 is 1.54. The zero-order chi connectivity index (χ0) is 23.5. The molecule has 2 aromatic carbocycles. The van der Waals surface area contributed by atoms with E-state index in [-0.39, 0.29) is 18.4 Å². The van der Waals surface area contributed by atoms with Crippen molar-refractivity contribution in [3.63, 3.8) is 0 Å².